The number of nitrogens with one attached hydrogen (secondary N) is 1. The second kappa shape index (κ2) is 5.36. The minimum absolute atomic E-state index is 1.01. The largest absolute Gasteiger partial charge is 0.383 e. The molecule has 2 heterocycles. The predicted molar refractivity (Wildman–Crippen MR) is 75.9 cm³/mol. The average molecular weight is 241 g/mol. The number of hydrogen-bond donors (Lipinski definition) is 1. The molecule has 1 fully saturated rings. The topological polar surface area (TPSA) is 28.2 Å². The third-order valence-corrected chi connectivity index (χ3v) is 3.59. The molecule has 3 heteroatoms. The van der Waals surface area contributed by atoms with Gasteiger partial charge in [0.05, 0.1) is 5.52 Å². The van der Waals surface area contributed by atoms with Crippen molar-refractivity contribution in [3.63, 3.8) is 0 Å². The molecule has 0 aliphatic carbocycles. The second-order valence-electron chi connectivity index (χ2n) is 4.85. The summed E-state index contributed by atoms with van der Waals surface area (Å²) in [5, 5.41) is 4.74. The number of fused-ring (bicyclic) bond motifs is 1. The van der Waals surface area contributed by atoms with Crippen LogP contribution in [0.1, 0.15) is 12.8 Å². The van der Waals surface area contributed by atoms with Crippen LogP contribution in [0.2, 0.25) is 0 Å². The maximum atomic E-state index is 4.38. The van der Waals surface area contributed by atoms with Gasteiger partial charge in [-0.1, -0.05) is 18.2 Å². The Morgan fingerprint density at radius 2 is 1.94 bits per heavy atom. The smallest absolute Gasteiger partial charge is 0.0722 e. The van der Waals surface area contributed by atoms with Crippen molar-refractivity contribution in [2.75, 3.05) is 31.5 Å². The van der Waals surface area contributed by atoms with Crippen LogP contribution in [-0.2, 0) is 0 Å². The molecule has 0 saturated carbocycles. The highest BCUT2D eigenvalue weighted by Gasteiger charge is 2.10. The molecular weight excluding hydrogens is 222 g/mol. The van der Waals surface area contributed by atoms with E-state index >= 15 is 0 Å². The summed E-state index contributed by atoms with van der Waals surface area (Å²) in [7, 11) is 0. The van der Waals surface area contributed by atoms with Gasteiger partial charge in [-0.15, -0.1) is 0 Å². The zero-order valence-corrected chi connectivity index (χ0v) is 10.6. The van der Waals surface area contributed by atoms with Crippen molar-refractivity contribution in [3.05, 3.63) is 36.5 Å². The lowest BCUT2D eigenvalue weighted by Gasteiger charge is -2.16. The summed E-state index contributed by atoms with van der Waals surface area (Å²) in [6.45, 7) is 4.67. The van der Waals surface area contributed by atoms with Gasteiger partial charge in [0.1, 0.15) is 0 Å². The van der Waals surface area contributed by atoms with Crippen molar-refractivity contribution in [1.29, 1.82) is 0 Å². The Labute approximate surface area is 108 Å². The minimum Gasteiger partial charge on any atom is -0.383 e. The Hall–Kier alpha value is -1.61. The summed E-state index contributed by atoms with van der Waals surface area (Å²) in [6.07, 6.45) is 4.59. The van der Waals surface area contributed by atoms with Gasteiger partial charge in [0.2, 0.25) is 0 Å². The minimum atomic E-state index is 1.01. The summed E-state index contributed by atoms with van der Waals surface area (Å²) < 4.78 is 0. The third-order valence-electron chi connectivity index (χ3n) is 3.59. The normalized spacial score (nSPS) is 16.2. The van der Waals surface area contributed by atoms with Gasteiger partial charge in [-0.3, -0.25) is 4.98 Å². The Morgan fingerprint density at radius 3 is 2.83 bits per heavy atom. The summed E-state index contributed by atoms with van der Waals surface area (Å²) in [5.41, 5.74) is 2.25. The van der Waals surface area contributed by atoms with E-state index < -0.39 is 0 Å². The van der Waals surface area contributed by atoms with Crippen molar-refractivity contribution in [3.8, 4) is 0 Å². The Morgan fingerprint density at radius 1 is 1.11 bits per heavy atom. The lowest BCUT2D eigenvalue weighted by atomic mass is 10.2. The summed E-state index contributed by atoms with van der Waals surface area (Å²) in [4.78, 5) is 6.90. The van der Waals surface area contributed by atoms with Gasteiger partial charge < -0.3 is 10.2 Å². The van der Waals surface area contributed by atoms with Crippen molar-refractivity contribution < 1.29 is 0 Å². The maximum Gasteiger partial charge on any atom is 0.0722 e. The van der Waals surface area contributed by atoms with Gasteiger partial charge in [-0.2, -0.15) is 0 Å². The molecule has 94 valence electrons. The molecule has 1 N–H and O–H groups in total. The standard InChI is InChI=1S/C15H19N3/c1-2-6-14-13(5-1)15(7-8-16-14)17-9-12-18-10-3-4-11-18/h1-2,5-8H,3-4,9-12H2,(H,16,17). The van der Waals surface area contributed by atoms with Crippen LogP contribution in [0.4, 0.5) is 5.69 Å². The average Bonchev–Trinajstić information content (AvgIpc) is 2.92. The molecule has 1 aromatic heterocycles. The number of para-hydroxylation sites is 1. The molecule has 0 bridgehead atoms. The number of rotatable bonds is 4. The van der Waals surface area contributed by atoms with Crippen LogP contribution in [0.25, 0.3) is 10.9 Å². The number of hydrogen-bond acceptors (Lipinski definition) is 3. The Kier molecular flexibility index (Phi) is 3.42. The fourth-order valence-electron chi connectivity index (χ4n) is 2.60. The molecule has 0 unspecified atom stereocenters. The van der Waals surface area contributed by atoms with Crippen molar-refractivity contribution in [1.82, 2.24) is 9.88 Å². The van der Waals surface area contributed by atoms with E-state index in [1.165, 1.54) is 37.0 Å². The van der Waals surface area contributed by atoms with E-state index in [-0.39, 0.29) is 0 Å². The van der Waals surface area contributed by atoms with Crippen LogP contribution >= 0.6 is 0 Å². The highest BCUT2D eigenvalue weighted by molar-refractivity contribution is 5.90. The van der Waals surface area contributed by atoms with E-state index in [1.807, 2.05) is 12.3 Å². The summed E-state index contributed by atoms with van der Waals surface area (Å²) >= 11 is 0. The molecule has 1 saturated heterocycles. The zero-order chi connectivity index (χ0) is 12.2. The van der Waals surface area contributed by atoms with Gasteiger partial charge in [0, 0.05) is 30.4 Å². The summed E-state index contributed by atoms with van der Waals surface area (Å²) in [5.74, 6) is 0. The monoisotopic (exact) mass is 241 g/mol. The van der Waals surface area contributed by atoms with Gasteiger partial charge in [0.15, 0.2) is 0 Å². The van der Waals surface area contributed by atoms with E-state index in [1.54, 1.807) is 0 Å². The van der Waals surface area contributed by atoms with Gasteiger partial charge in [0.25, 0.3) is 0 Å². The summed E-state index contributed by atoms with van der Waals surface area (Å²) in [6, 6.07) is 10.3. The van der Waals surface area contributed by atoms with Crippen molar-refractivity contribution in [2.45, 2.75) is 12.8 Å². The van der Waals surface area contributed by atoms with Gasteiger partial charge >= 0.3 is 0 Å². The van der Waals surface area contributed by atoms with Crippen molar-refractivity contribution >= 4 is 16.6 Å². The fourth-order valence-corrected chi connectivity index (χ4v) is 2.60. The third kappa shape index (κ3) is 2.46. The lowest BCUT2D eigenvalue weighted by Crippen LogP contribution is -2.25. The molecule has 3 rings (SSSR count). The molecule has 0 amide bonds. The first kappa shape index (κ1) is 11.5. The molecule has 1 aliphatic heterocycles. The van der Waals surface area contributed by atoms with Gasteiger partial charge in [-0.05, 0) is 38.1 Å². The molecule has 0 atom stereocenters. The van der Waals surface area contributed by atoms with E-state index in [4.69, 9.17) is 0 Å². The predicted octanol–water partition coefficient (Wildman–Crippen LogP) is 2.74. The molecular formula is C15H19N3. The first-order valence-electron chi connectivity index (χ1n) is 6.73. The number of benzene rings is 1. The highest BCUT2D eigenvalue weighted by Crippen LogP contribution is 2.20. The van der Waals surface area contributed by atoms with Crippen LogP contribution < -0.4 is 5.32 Å². The molecule has 1 aromatic carbocycles. The van der Waals surface area contributed by atoms with E-state index in [0.717, 1.165) is 18.6 Å². The first-order valence-corrected chi connectivity index (χ1v) is 6.73. The van der Waals surface area contributed by atoms with Crippen LogP contribution in [0.5, 0.6) is 0 Å². The van der Waals surface area contributed by atoms with E-state index in [0.29, 0.717) is 0 Å². The number of anilines is 1. The number of aromatic nitrogens is 1. The number of likely N-dealkylation sites (tertiary alicyclic amines) is 1. The number of pyridine rings is 1. The van der Waals surface area contributed by atoms with E-state index in [2.05, 4.69) is 39.5 Å². The molecule has 0 radical (unpaired) electrons. The van der Waals surface area contributed by atoms with Gasteiger partial charge in [-0.25, -0.2) is 0 Å². The highest BCUT2D eigenvalue weighted by atomic mass is 15.1. The lowest BCUT2D eigenvalue weighted by molar-refractivity contribution is 0.353. The first-order chi connectivity index (χ1) is 8.93. The van der Waals surface area contributed by atoms with Crippen LogP contribution in [0.15, 0.2) is 36.5 Å². The Balaban J connectivity index is 1.66. The maximum absolute atomic E-state index is 4.38. The molecule has 3 nitrogen and oxygen atoms in total. The molecule has 1 aliphatic rings. The van der Waals surface area contributed by atoms with E-state index in [9.17, 15) is 0 Å². The van der Waals surface area contributed by atoms with Crippen LogP contribution in [-0.4, -0.2) is 36.1 Å². The second-order valence-corrected chi connectivity index (χ2v) is 4.85. The van der Waals surface area contributed by atoms with Crippen LogP contribution in [0.3, 0.4) is 0 Å². The molecule has 18 heavy (non-hydrogen) atoms. The zero-order valence-electron chi connectivity index (χ0n) is 10.6. The Bertz CT molecular complexity index is 513. The SMILES string of the molecule is c1ccc2c(NCCN3CCCC3)ccnc2c1. The quantitative estimate of drug-likeness (QED) is 0.892. The molecule has 0 spiro atoms. The van der Waals surface area contributed by atoms with Crippen molar-refractivity contribution in [2.24, 2.45) is 0 Å². The van der Waals surface area contributed by atoms with Crippen LogP contribution in [0, 0.1) is 0 Å². The molecule has 2 aromatic rings. The fraction of sp³-hybridized carbons (Fsp3) is 0.400. The number of nitrogens with zero attached hydrogens (tertiary/aromatic N) is 2.